The Kier molecular flexibility index (Phi) is 4.28. The molecule has 1 saturated carbocycles. The van der Waals surface area contributed by atoms with Crippen molar-refractivity contribution in [3.05, 3.63) is 21.6 Å². The summed E-state index contributed by atoms with van der Waals surface area (Å²) in [7, 11) is 0. The zero-order chi connectivity index (χ0) is 12.2. The van der Waals surface area contributed by atoms with Gasteiger partial charge in [-0.3, -0.25) is 0 Å². The number of thioether (sulfide) groups is 1. The van der Waals surface area contributed by atoms with Crippen molar-refractivity contribution in [1.29, 1.82) is 0 Å². The number of hydrogen-bond acceptors (Lipinski definition) is 6. The summed E-state index contributed by atoms with van der Waals surface area (Å²) in [5, 5.41) is 11.4. The molecule has 2 aromatic rings. The van der Waals surface area contributed by atoms with Crippen molar-refractivity contribution in [2.75, 3.05) is 0 Å². The lowest BCUT2D eigenvalue weighted by molar-refractivity contribution is 0.442. The molecule has 0 atom stereocenters. The first-order chi connectivity index (χ1) is 8.92. The van der Waals surface area contributed by atoms with E-state index in [2.05, 4.69) is 15.6 Å². The fraction of sp³-hybridized carbons (Fsp3) is 0.583. The molecule has 0 aliphatic heterocycles. The van der Waals surface area contributed by atoms with Crippen molar-refractivity contribution >= 4 is 34.4 Å². The lowest BCUT2D eigenvalue weighted by atomic mass is 9.90. The van der Waals surface area contributed by atoms with Crippen molar-refractivity contribution in [1.82, 2.24) is 15.2 Å². The summed E-state index contributed by atoms with van der Waals surface area (Å²) in [6.07, 6.45) is 6.81. The SMILES string of the molecule is c1nnc(SCc2csc(C3CCCCC3)n2)s1. The number of hydrogen-bond donors (Lipinski definition) is 0. The van der Waals surface area contributed by atoms with Crippen LogP contribution in [0.4, 0.5) is 0 Å². The second kappa shape index (κ2) is 6.12. The second-order valence-corrected chi connectivity index (χ2v) is 7.45. The van der Waals surface area contributed by atoms with E-state index >= 15 is 0 Å². The van der Waals surface area contributed by atoms with Gasteiger partial charge in [0.2, 0.25) is 0 Å². The van der Waals surface area contributed by atoms with Gasteiger partial charge in [0.05, 0.1) is 10.7 Å². The Labute approximate surface area is 119 Å². The Morgan fingerprint density at radius 2 is 2.11 bits per heavy atom. The van der Waals surface area contributed by atoms with Gasteiger partial charge < -0.3 is 0 Å². The Bertz CT molecular complexity index is 474. The molecule has 96 valence electrons. The average molecular weight is 297 g/mol. The Balaban J connectivity index is 1.59. The largest absolute Gasteiger partial charge is 0.245 e. The molecule has 6 heteroatoms. The summed E-state index contributed by atoms with van der Waals surface area (Å²) >= 11 is 5.16. The van der Waals surface area contributed by atoms with Crippen LogP contribution in [0.5, 0.6) is 0 Å². The van der Waals surface area contributed by atoms with Crippen molar-refractivity contribution in [2.24, 2.45) is 0 Å². The van der Waals surface area contributed by atoms with Gasteiger partial charge in [0.25, 0.3) is 0 Å². The number of thiazole rings is 1. The minimum absolute atomic E-state index is 0.726. The van der Waals surface area contributed by atoms with Gasteiger partial charge in [-0.15, -0.1) is 21.5 Å². The highest BCUT2D eigenvalue weighted by Gasteiger charge is 2.18. The molecule has 0 aromatic carbocycles. The number of nitrogens with zero attached hydrogens (tertiary/aromatic N) is 3. The Morgan fingerprint density at radius 1 is 1.22 bits per heavy atom. The van der Waals surface area contributed by atoms with Crippen LogP contribution in [0.2, 0.25) is 0 Å². The second-order valence-electron chi connectivity index (χ2n) is 4.51. The average Bonchev–Trinajstić information content (AvgIpc) is 3.09. The van der Waals surface area contributed by atoms with Gasteiger partial charge in [-0.25, -0.2) is 4.98 Å². The highest BCUT2D eigenvalue weighted by molar-refractivity contribution is 8.00. The van der Waals surface area contributed by atoms with Crippen LogP contribution in [0.1, 0.15) is 48.7 Å². The van der Waals surface area contributed by atoms with Crippen LogP contribution in [0, 0.1) is 0 Å². The van der Waals surface area contributed by atoms with Crippen molar-refractivity contribution < 1.29 is 0 Å². The van der Waals surface area contributed by atoms with E-state index in [-0.39, 0.29) is 0 Å². The maximum Gasteiger partial charge on any atom is 0.174 e. The molecule has 3 rings (SSSR count). The molecule has 0 unspecified atom stereocenters. The fourth-order valence-corrected chi connectivity index (χ4v) is 4.76. The van der Waals surface area contributed by atoms with Crippen LogP contribution in [0.25, 0.3) is 0 Å². The lowest BCUT2D eigenvalue weighted by Gasteiger charge is -2.18. The van der Waals surface area contributed by atoms with Gasteiger partial charge in [-0.2, -0.15) is 0 Å². The van der Waals surface area contributed by atoms with Gasteiger partial charge in [-0.05, 0) is 12.8 Å². The maximum absolute atomic E-state index is 4.79. The first kappa shape index (κ1) is 12.6. The normalized spacial score (nSPS) is 17.1. The van der Waals surface area contributed by atoms with E-state index in [0.29, 0.717) is 0 Å². The highest BCUT2D eigenvalue weighted by Crippen LogP contribution is 2.35. The third-order valence-corrected chi connectivity index (χ3v) is 6.16. The molecule has 0 bridgehead atoms. The van der Waals surface area contributed by atoms with Gasteiger partial charge in [0.15, 0.2) is 4.34 Å². The predicted octanol–water partition coefficient (Wildman–Crippen LogP) is 4.33. The van der Waals surface area contributed by atoms with Crippen LogP contribution in [0.3, 0.4) is 0 Å². The number of rotatable bonds is 4. The summed E-state index contributed by atoms with van der Waals surface area (Å²) in [5.74, 6) is 1.64. The molecule has 0 N–H and O–H groups in total. The van der Waals surface area contributed by atoms with E-state index in [9.17, 15) is 0 Å². The molecule has 1 aliphatic carbocycles. The first-order valence-electron chi connectivity index (χ1n) is 6.25. The molecule has 1 fully saturated rings. The smallest absolute Gasteiger partial charge is 0.174 e. The van der Waals surface area contributed by atoms with Crippen LogP contribution < -0.4 is 0 Å². The minimum atomic E-state index is 0.726. The van der Waals surface area contributed by atoms with E-state index in [4.69, 9.17) is 4.98 Å². The summed E-state index contributed by atoms with van der Waals surface area (Å²) in [5.41, 5.74) is 2.97. The summed E-state index contributed by atoms with van der Waals surface area (Å²) < 4.78 is 1.03. The molecular weight excluding hydrogens is 282 g/mol. The van der Waals surface area contributed by atoms with Crippen LogP contribution in [-0.4, -0.2) is 15.2 Å². The van der Waals surface area contributed by atoms with Gasteiger partial charge in [-0.1, -0.05) is 42.4 Å². The molecule has 0 saturated heterocycles. The molecule has 18 heavy (non-hydrogen) atoms. The van der Waals surface area contributed by atoms with Crippen LogP contribution in [-0.2, 0) is 5.75 Å². The molecule has 2 heterocycles. The van der Waals surface area contributed by atoms with Gasteiger partial charge in [0.1, 0.15) is 5.51 Å². The van der Waals surface area contributed by atoms with E-state index in [0.717, 1.165) is 16.0 Å². The third-order valence-electron chi connectivity index (χ3n) is 3.21. The predicted molar refractivity (Wildman–Crippen MR) is 77.4 cm³/mol. The zero-order valence-electron chi connectivity index (χ0n) is 10.0. The van der Waals surface area contributed by atoms with E-state index < -0.39 is 0 Å². The third kappa shape index (κ3) is 3.10. The zero-order valence-corrected chi connectivity index (χ0v) is 12.5. The lowest BCUT2D eigenvalue weighted by Crippen LogP contribution is -2.04. The van der Waals surface area contributed by atoms with Crippen LogP contribution in [0.15, 0.2) is 15.2 Å². The molecule has 3 nitrogen and oxygen atoms in total. The molecule has 0 amide bonds. The molecular formula is C12H15N3S3. The van der Waals surface area contributed by atoms with Crippen molar-refractivity contribution in [3.63, 3.8) is 0 Å². The van der Waals surface area contributed by atoms with E-state index in [1.54, 1.807) is 28.6 Å². The molecule has 0 radical (unpaired) electrons. The van der Waals surface area contributed by atoms with E-state index in [1.165, 1.54) is 42.8 Å². The summed E-state index contributed by atoms with van der Waals surface area (Å²) in [6.45, 7) is 0. The quantitative estimate of drug-likeness (QED) is 0.787. The summed E-state index contributed by atoms with van der Waals surface area (Å²) in [6, 6.07) is 0. The minimum Gasteiger partial charge on any atom is -0.245 e. The van der Waals surface area contributed by atoms with E-state index in [1.807, 2.05) is 11.3 Å². The topological polar surface area (TPSA) is 38.7 Å². The Hall–Kier alpha value is -0.460. The molecule has 1 aliphatic rings. The molecule has 2 aromatic heterocycles. The fourth-order valence-electron chi connectivity index (χ4n) is 2.29. The van der Waals surface area contributed by atoms with Gasteiger partial charge >= 0.3 is 0 Å². The monoisotopic (exact) mass is 297 g/mol. The maximum atomic E-state index is 4.79. The van der Waals surface area contributed by atoms with Crippen molar-refractivity contribution in [3.8, 4) is 0 Å². The highest BCUT2D eigenvalue weighted by atomic mass is 32.2. The summed E-state index contributed by atoms with van der Waals surface area (Å²) in [4.78, 5) is 4.79. The first-order valence-corrected chi connectivity index (χ1v) is 8.99. The number of aromatic nitrogens is 3. The Morgan fingerprint density at radius 3 is 2.89 bits per heavy atom. The molecule has 0 spiro atoms. The standard InChI is InChI=1S/C12H15N3S3/c1-2-4-9(5-3-1)11-14-10(6-16-11)7-17-12-15-13-8-18-12/h6,8-9H,1-5,7H2. The van der Waals surface area contributed by atoms with Gasteiger partial charge in [0, 0.05) is 17.1 Å². The van der Waals surface area contributed by atoms with Crippen LogP contribution >= 0.6 is 34.4 Å². The van der Waals surface area contributed by atoms with Crippen molar-refractivity contribution in [2.45, 2.75) is 48.1 Å².